The number of hydrogen-bond acceptors (Lipinski definition) is 4. The molecule has 0 spiro atoms. The number of ether oxygens (including phenoxy) is 1. The van der Waals surface area contributed by atoms with E-state index >= 15 is 0 Å². The number of nitrogens with two attached hydrogens (primary N) is 1. The molecule has 0 atom stereocenters. The summed E-state index contributed by atoms with van der Waals surface area (Å²) in [6, 6.07) is 3.84. The van der Waals surface area contributed by atoms with Crippen molar-refractivity contribution in [2.24, 2.45) is 5.92 Å². The monoisotopic (exact) mass is 263 g/mol. The highest BCUT2D eigenvalue weighted by molar-refractivity contribution is 5.54. The molecule has 0 aromatic carbocycles. The Morgan fingerprint density at radius 2 is 2.05 bits per heavy atom. The smallest absolute Gasteiger partial charge is 0.239 e. The molecule has 0 bridgehead atoms. The van der Waals surface area contributed by atoms with Gasteiger partial charge in [0.25, 0.3) is 0 Å². The van der Waals surface area contributed by atoms with Gasteiger partial charge in [0.15, 0.2) is 0 Å². The van der Waals surface area contributed by atoms with Crippen molar-refractivity contribution in [1.29, 1.82) is 0 Å². The van der Waals surface area contributed by atoms with E-state index in [9.17, 15) is 0 Å². The van der Waals surface area contributed by atoms with Gasteiger partial charge in [-0.15, -0.1) is 0 Å². The minimum absolute atomic E-state index is 0.285. The lowest BCUT2D eigenvalue weighted by atomic mass is 9.85. The number of pyridine rings is 1. The van der Waals surface area contributed by atoms with Crippen molar-refractivity contribution in [2.45, 2.75) is 45.6 Å². The van der Waals surface area contributed by atoms with Gasteiger partial charge in [0.05, 0.1) is 5.69 Å². The molecule has 0 saturated heterocycles. The molecule has 1 aliphatic rings. The van der Waals surface area contributed by atoms with E-state index in [-0.39, 0.29) is 5.60 Å². The molecule has 0 unspecified atom stereocenters. The van der Waals surface area contributed by atoms with Crippen molar-refractivity contribution in [3.8, 4) is 5.88 Å². The van der Waals surface area contributed by atoms with Crippen LogP contribution in [0.4, 0.5) is 11.5 Å². The fourth-order valence-corrected chi connectivity index (χ4v) is 2.18. The summed E-state index contributed by atoms with van der Waals surface area (Å²) in [6.07, 6.45) is 4.04. The maximum absolute atomic E-state index is 5.93. The van der Waals surface area contributed by atoms with Crippen LogP contribution in [0.1, 0.15) is 40.0 Å². The Morgan fingerprint density at radius 1 is 1.37 bits per heavy atom. The van der Waals surface area contributed by atoms with Crippen molar-refractivity contribution in [3.05, 3.63) is 12.1 Å². The molecule has 0 radical (unpaired) electrons. The molecule has 1 aromatic rings. The first-order chi connectivity index (χ1) is 8.85. The third kappa shape index (κ3) is 3.75. The van der Waals surface area contributed by atoms with Crippen LogP contribution in [0.2, 0.25) is 0 Å². The molecule has 0 aliphatic heterocycles. The number of hydrogen-bond donors (Lipinski definition) is 1. The maximum atomic E-state index is 5.93. The Balaban J connectivity index is 2.10. The van der Waals surface area contributed by atoms with Gasteiger partial charge in [0.1, 0.15) is 11.4 Å². The second-order valence-corrected chi connectivity index (χ2v) is 6.46. The van der Waals surface area contributed by atoms with E-state index < -0.39 is 0 Å². The molecule has 2 rings (SSSR count). The predicted molar refractivity (Wildman–Crippen MR) is 79.6 cm³/mol. The number of anilines is 2. The Kier molecular flexibility index (Phi) is 3.88. The summed E-state index contributed by atoms with van der Waals surface area (Å²) in [4.78, 5) is 6.74. The zero-order chi connectivity index (χ0) is 14.0. The summed E-state index contributed by atoms with van der Waals surface area (Å²) < 4.78 is 5.81. The fraction of sp³-hybridized carbons (Fsp3) is 0.667. The van der Waals surface area contributed by atoms with E-state index in [2.05, 4.69) is 16.9 Å². The van der Waals surface area contributed by atoms with Crippen molar-refractivity contribution in [2.75, 3.05) is 24.2 Å². The minimum atomic E-state index is -0.285. The summed E-state index contributed by atoms with van der Waals surface area (Å²) in [5.74, 6) is 2.28. The zero-order valence-corrected chi connectivity index (χ0v) is 12.4. The Hall–Kier alpha value is -1.45. The highest BCUT2D eigenvalue weighted by Crippen LogP contribution is 2.30. The summed E-state index contributed by atoms with van der Waals surface area (Å²) in [6.45, 7) is 7.06. The highest BCUT2D eigenvalue weighted by atomic mass is 16.5. The van der Waals surface area contributed by atoms with Crippen molar-refractivity contribution in [3.63, 3.8) is 0 Å². The van der Waals surface area contributed by atoms with Crippen molar-refractivity contribution < 1.29 is 4.74 Å². The average Bonchev–Trinajstić information content (AvgIpc) is 2.24. The zero-order valence-electron chi connectivity index (χ0n) is 12.4. The standard InChI is InChI=1S/C15H25N3O/c1-15(2,3)19-14-12(16)8-9-13(17-14)18(4)10-11-6-5-7-11/h8-9,11H,5-7,10,16H2,1-4H3. The van der Waals surface area contributed by atoms with Crippen LogP contribution in [-0.4, -0.2) is 24.2 Å². The van der Waals surface area contributed by atoms with Gasteiger partial charge in [-0.2, -0.15) is 4.98 Å². The van der Waals surface area contributed by atoms with E-state index in [0.717, 1.165) is 18.3 Å². The highest BCUT2D eigenvalue weighted by Gasteiger charge is 2.21. The van der Waals surface area contributed by atoms with E-state index in [1.165, 1.54) is 19.3 Å². The van der Waals surface area contributed by atoms with Crippen LogP contribution in [0.3, 0.4) is 0 Å². The lowest BCUT2D eigenvalue weighted by Gasteiger charge is -2.31. The summed E-state index contributed by atoms with van der Waals surface area (Å²) >= 11 is 0. The number of aromatic nitrogens is 1. The van der Waals surface area contributed by atoms with Gasteiger partial charge in [-0.3, -0.25) is 0 Å². The summed E-state index contributed by atoms with van der Waals surface area (Å²) in [5, 5.41) is 0. The summed E-state index contributed by atoms with van der Waals surface area (Å²) in [5.41, 5.74) is 6.24. The van der Waals surface area contributed by atoms with E-state index in [0.29, 0.717) is 11.6 Å². The third-order valence-electron chi connectivity index (χ3n) is 3.43. The van der Waals surface area contributed by atoms with Gasteiger partial charge < -0.3 is 15.4 Å². The van der Waals surface area contributed by atoms with Gasteiger partial charge in [-0.05, 0) is 51.7 Å². The van der Waals surface area contributed by atoms with Gasteiger partial charge in [0, 0.05) is 13.6 Å². The molecular weight excluding hydrogens is 238 g/mol. The van der Waals surface area contributed by atoms with Crippen LogP contribution in [-0.2, 0) is 0 Å². The van der Waals surface area contributed by atoms with Crippen LogP contribution in [0.25, 0.3) is 0 Å². The van der Waals surface area contributed by atoms with Crippen molar-refractivity contribution >= 4 is 11.5 Å². The Bertz CT molecular complexity index is 436. The molecule has 1 saturated carbocycles. The van der Waals surface area contributed by atoms with Crippen LogP contribution in [0, 0.1) is 5.92 Å². The molecule has 1 heterocycles. The molecule has 0 amide bonds. The molecule has 1 aliphatic carbocycles. The third-order valence-corrected chi connectivity index (χ3v) is 3.43. The lowest BCUT2D eigenvalue weighted by molar-refractivity contribution is 0.125. The first-order valence-corrected chi connectivity index (χ1v) is 7.02. The van der Waals surface area contributed by atoms with Crippen molar-refractivity contribution in [1.82, 2.24) is 4.98 Å². The van der Waals surface area contributed by atoms with Gasteiger partial charge >= 0.3 is 0 Å². The van der Waals surface area contributed by atoms with E-state index in [1.54, 1.807) is 0 Å². The first-order valence-electron chi connectivity index (χ1n) is 7.02. The molecule has 1 aromatic heterocycles. The van der Waals surface area contributed by atoms with Gasteiger partial charge in [-0.25, -0.2) is 0 Å². The average molecular weight is 263 g/mol. The molecule has 106 valence electrons. The second kappa shape index (κ2) is 5.27. The molecule has 2 N–H and O–H groups in total. The van der Waals surface area contributed by atoms with Crippen LogP contribution < -0.4 is 15.4 Å². The van der Waals surface area contributed by atoms with Gasteiger partial charge in [0.2, 0.25) is 5.88 Å². The molecule has 1 fully saturated rings. The molecule has 4 nitrogen and oxygen atoms in total. The Labute approximate surface area is 116 Å². The topological polar surface area (TPSA) is 51.4 Å². The molecular formula is C15H25N3O. The number of rotatable bonds is 4. The molecule has 4 heteroatoms. The largest absolute Gasteiger partial charge is 0.470 e. The first kappa shape index (κ1) is 14.0. The minimum Gasteiger partial charge on any atom is -0.470 e. The quantitative estimate of drug-likeness (QED) is 0.907. The van der Waals surface area contributed by atoms with E-state index in [1.807, 2.05) is 32.9 Å². The number of nitrogen functional groups attached to an aromatic ring is 1. The molecule has 19 heavy (non-hydrogen) atoms. The summed E-state index contributed by atoms with van der Waals surface area (Å²) in [7, 11) is 2.08. The van der Waals surface area contributed by atoms with E-state index in [4.69, 9.17) is 10.5 Å². The maximum Gasteiger partial charge on any atom is 0.239 e. The van der Waals surface area contributed by atoms with Crippen LogP contribution in [0.15, 0.2) is 12.1 Å². The lowest BCUT2D eigenvalue weighted by Crippen LogP contribution is -2.30. The number of nitrogens with zero attached hydrogens (tertiary/aromatic N) is 2. The predicted octanol–water partition coefficient (Wildman–Crippen LogP) is 3.08. The normalized spacial score (nSPS) is 16.0. The van der Waals surface area contributed by atoms with Crippen LogP contribution in [0.5, 0.6) is 5.88 Å². The second-order valence-electron chi connectivity index (χ2n) is 6.46. The SMILES string of the molecule is CN(CC1CCC1)c1ccc(N)c(OC(C)(C)C)n1. The Morgan fingerprint density at radius 3 is 2.58 bits per heavy atom. The van der Waals surface area contributed by atoms with Crippen LogP contribution >= 0.6 is 0 Å². The fourth-order valence-electron chi connectivity index (χ4n) is 2.18. The van der Waals surface area contributed by atoms with Gasteiger partial charge in [-0.1, -0.05) is 6.42 Å².